The van der Waals surface area contributed by atoms with Crippen molar-refractivity contribution >= 4 is 12.3 Å². The number of fused-ring (bicyclic) bond motifs is 1. The summed E-state index contributed by atoms with van der Waals surface area (Å²) in [6.07, 6.45) is 7.04. The number of hydrogen-bond acceptors (Lipinski definition) is 4. The fourth-order valence-electron chi connectivity index (χ4n) is 5.65. The van der Waals surface area contributed by atoms with Crippen LogP contribution in [0.15, 0.2) is 30.5 Å². The normalized spacial score (nSPS) is 19.5. The van der Waals surface area contributed by atoms with Gasteiger partial charge in [0.25, 0.3) is 0 Å². The first kappa shape index (κ1) is 25.6. The van der Waals surface area contributed by atoms with Crippen LogP contribution in [0.3, 0.4) is 0 Å². The molecule has 2 aromatic rings. The Morgan fingerprint density at radius 3 is 2.11 bits per heavy atom. The van der Waals surface area contributed by atoms with Gasteiger partial charge >= 0.3 is 0 Å². The number of nitrogens with zero attached hydrogens (tertiary/aromatic N) is 2. The van der Waals surface area contributed by atoms with Crippen LogP contribution < -0.4 is 5.32 Å². The van der Waals surface area contributed by atoms with Crippen LogP contribution in [0.4, 0.5) is 0 Å². The molecule has 35 heavy (non-hydrogen) atoms. The molecule has 0 bridgehead atoms. The number of carbonyl (C=O) groups excluding carboxylic acids is 2. The molecule has 1 aromatic carbocycles. The summed E-state index contributed by atoms with van der Waals surface area (Å²) in [5.41, 5.74) is 7.21. The number of likely N-dealkylation sites (N-methyl/N-ethyl adjacent to an activating group) is 1. The van der Waals surface area contributed by atoms with E-state index in [2.05, 4.69) is 58.1 Å². The molecule has 5 heteroatoms. The maximum absolute atomic E-state index is 12.7. The molecule has 0 atom stereocenters. The number of amides is 2. The summed E-state index contributed by atoms with van der Waals surface area (Å²) in [4.78, 5) is 30.4. The molecule has 0 aliphatic heterocycles. The molecular formula is C30H41N3O2. The number of nitrogens with one attached hydrogen (secondary N) is 1. The minimum absolute atomic E-state index is 0.0381. The van der Waals surface area contributed by atoms with Crippen molar-refractivity contribution in [2.75, 3.05) is 7.05 Å². The van der Waals surface area contributed by atoms with Gasteiger partial charge in [-0.15, -0.1) is 0 Å². The Bertz CT molecular complexity index is 1140. The zero-order chi connectivity index (χ0) is 25.8. The van der Waals surface area contributed by atoms with Crippen LogP contribution in [0.2, 0.25) is 0 Å². The van der Waals surface area contributed by atoms with Crippen LogP contribution in [0.25, 0.3) is 0 Å². The van der Waals surface area contributed by atoms with Crippen LogP contribution in [-0.4, -0.2) is 34.8 Å². The van der Waals surface area contributed by atoms with Crippen molar-refractivity contribution in [3.8, 4) is 0 Å². The van der Waals surface area contributed by atoms with E-state index in [0.29, 0.717) is 6.41 Å². The third-order valence-corrected chi connectivity index (χ3v) is 8.68. The quantitative estimate of drug-likeness (QED) is 0.552. The summed E-state index contributed by atoms with van der Waals surface area (Å²) in [5, 5.41) is 2.97. The summed E-state index contributed by atoms with van der Waals surface area (Å²) in [5.74, 6) is -0.257. The number of pyridine rings is 1. The van der Waals surface area contributed by atoms with E-state index in [1.807, 2.05) is 12.3 Å². The van der Waals surface area contributed by atoms with Gasteiger partial charge < -0.3 is 5.32 Å². The molecule has 5 nitrogen and oxygen atoms in total. The van der Waals surface area contributed by atoms with E-state index < -0.39 is 5.54 Å². The van der Waals surface area contributed by atoms with E-state index in [0.717, 1.165) is 24.1 Å². The van der Waals surface area contributed by atoms with Gasteiger partial charge in [0.2, 0.25) is 12.3 Å². The SMILES string of the molecule is CNC(C)(C)C(=O)N(C=O)Cc1ccc(C2(c3cc4c(cc3C)C(C)(C)CCC4(C)C)CC2)nc1. The Kier molecular flexibility index (Phi) is 6.24. The number of aryl methyl sites for hydroxylation is 1. The van der Waals surface area contributed by atoms with Crippen molar-refractivity contribution in [3.05, 3.63) is 64.0 Å². The number of aromatic nitrogens is 1. The molecule has 1 heterocycles. The molecule has 1 fully saturated rings. The van der Waals surface area contributed by atoms with Crippen LogP contribution in [0.5, 0.6) is 0 Å². The van der Waals surface area contributed by atoms with Crippen LogP contribution >= 0.6 is 0 Å². The van der Waals surface area contributed by atoms with Crippen molar-refractivity contribution in [1.29, 1.82) is 0 Å². The largest absolute Gasteiger partial charge is 0.307 e. The van der Waals surface area contributed by atoms with Crippen molar-refractivity contribution in [3.63, 3.8) is 0 Å². The molecule has 1 N–H and O–H groups in total. The zero-order valence-electron chi connectivity index (χ0n) is 22.7. The number of hydrogen-bond donors (Lipinski definition) is 1. The van der Waals surface area contributed by atoms with Gasteiger partial charge in [-0.2, -0.15) is 0 Å². The van der Waals surface area contributed by atoms with Gasteiger partial charge in [0.05, 0.1) is 17.8 Å². The maximum atomic E-state index is 12.7. The molecular weight excluding hydrogens is 434 g/mol. The third kappa shape index (κ3) is 4.44. The lowest BCUT2D eigenvalue weighted by molar-refractivity contribution is -0.143. The molecule has 0 radical (unpaired) electrons. The van der Waals surface area contributed by atoms with Crippen molar-refractivity contribution < 1.29 is 9.59 Å². The summed E-state index contributed by atoms with van der Waals surface area (Å²) < 4.78 is 0. The van der Waals surface area contributed by atoms with Gasteiger partial charge in [-0.1, -0.05) is 45.9 Å². The number of benzene rings is 1. The minimum Gasteiger partial charge on any atom is -0.307 e. The lowest BCUT2D eigenvalue weighted by atomic mass is 9.62. The summed E-state index contributed by atoms with van der Waals surface area (Å²) in [7, 11) is 1.72. The maximum Gasteiger partial charge on any atom is 0.248 e. The van der Waals surface area contributed by atoms with E-state index in [4.69, 9.17) is 4.98 Å². The highest BCUT2D eigenvalue weighted by atomic mass is 16.2. The van der Waals surface area contributed by atoms with Crippen LogP contribution in [-0.2, 0) is 32.4 Å². The highest BCUT2D eigenvalue weighted by Crippen LogP contribution is 2.56. The van der Waals surface area contributed by atoms with Crippen molar-refractivity contribution in [2.24, 2.45) is 0 Å². The lowest BCUT2D eigenvalue weighted by Crippen LogP contribution is -2.52. The fraction of sp³-hybridized carbons (Fsp3) is 0.567. The van der Waals surface area contributed by atoms with Crippen molar-refractivity contribution in [2.45, 2.75) is 102 Å². The molecule has 1 aromatic heterocycles. The predicted molar refractivity (Wildman–Crippen MR) is 140 cm³/mol. The molecule has 0 spiro atoms. The molecule has 0 saturated heterocycles. The monoisotopic (exact) mass is 475 g/mol. The van der Waals surface area contributed by atoms with Gasteiger partial charge in [-0.3, -0.25) is 19.5 Å². The Labute approximate surface area is 210 Å². The Hall–Kier alpha value is -2.53. The molecule has 188 valence electrons. The summed E-state index contributed by atoms with van der Waals surface area (Å²) >= 11 is 0. The predicted octanol–water partition coefficient (Wildman–Crippen LogP) is 5.30. The summed E-state index contributed by atoms with van der Waals surface area (Å²) in [6, 6.07) is 9.03. The van der Waals surface area contributed by atoms with E-state index >= 15 is 0 Å². The van der Waals surface area contributed by atoms with E-state index in [1.54, 1.807) is 20.9 Å². The van der Waals surface area contributed by atoms with Gasteiger partial charge in [-0.25, -0.2) is 0 Å². The number of rotatable bonds is 7. The van der Waals surface area contributed by atoms with Crippen LogP contribution in [0.1, 0.15) is 101 Å². The first-order valence-corrected chi connectivity index (χ1v) is 12.8. The van der Waals surface area contributed by atoms with E-state index in [-0.39, 0.29) is 28.7 Å². The van der Waals surface area contributed by atoms with Gasteiger partial charge in [0.15, 0.2) is 0 Å². The van der Waals surface area contributed by atoms with E-state index in [9.17, 15) is 9.59 Å². The topological polar surface area (TPSA) is 62.3 Å². The summed E-state index contributed by atoms with van der Waals surface area (Å²) in [6.45, 7) is 15.5. The minimum atomic E-state index is -0.807. The Morgan fingerprint density at radius 1 is 1.03 bits per heavy atom. The first-order valence-electron chi connectivity index (χ1n) is 12.8. The van der Waals surface area contributed by atoms with Crippen molar-refractivity contribution in [1.82, 2.24) is 15.2 Å². The molecule has 4 rings (SSSR count). The highest BCUT2D eigenvalue weighted by Gasteiger charge is 2.49. The molecule has 2 aliphatic carbocycles. The smallest absolute Gasteiger partial charge is 0.248 e. The molecule has 2 aliphatic rings. The second-order valence-corrected chi connectivity index (χ2v) is 12.5. The second kappa shape index (κ2) is 8.55. The lowest BCUT2D eigenvalue weighted by Gasteiger charge is -2.43. The van der Waals surface area contributed by atoms with Gasteiger partial charge in [-0.05, 0) is 98.2 Å². The van der Waals surface area contributed by atoms with Crippen LogP contribution in [0, 0.1) is 6.92 Å². The Morgan fingerprint density at radius 2 is 1.63 bits per heavy atom. The first-order chi connectivity index (χ1) is 16.3. The number of carbonyl (C=O) groups is 2. The molecule has 1 saturated carbocycles. The average molecular weight is 476 g/mol. The van der Waals surface area contributed by atoms with E-state index in [1.165, 1.54) is 40.0 Å². The zero-order valence-corrected chi connectivity index (χ0v) is 22.7. The third-order valence-electron chi connectivity index (χ3n) is 8.68. The molecule has 2 amide bonds. The second-order valence-electron chi connectivity index (χ2n) is 12.5. The van der Waals surface area contributed by atoms with Gasteiger partial charge in [0.1, 0.15) is 0 Å². The number of imide groups is 1. The fourth-order valence-corrected chi connectivity index (χ4v) is 5.65. The Balaban J connectivity index is 1.64. The average Bonchev–Trinajstić information content (AvgIpc) is 3.62. The standard InChI is InChI=1S/C30H41N3O2/c1-20-15-23-24(28(4,5)12-11-27(23,2)3)16-22(20)30(13-14-30)25-10-9-21(17-32-25)18-33(19-34)26(35)29(6,7)31-8/h9-10,15-17,19,31H,11-14,18H2,1-8H3. The molecule has 0 unspecified atom stereocenters. The van der Waals surface area contributed by atoms with Gasteiger partial charge in [0, 0.05) is 11.6 Å². The highest BCUT2D eigenvalue weighted by molar-refractivity contribution is 5.92.